The molecule has 0 saturated heterocycles. The van der Waals surface area contributed by atoms with E-state index in [1.165, 1.54) is 20.3 Å². The van der Waals surface area contributed by atoms with E-state index in [0.29, 0.717) is 23.1 Å². The average Bonchev–Trinajstić information content (AvgIpc) is 3.07. The van der Waals surface area contributed by atoms with Gasteiger partial charge in [0.25, 0.3) is 0 Å². The largest absolute Gasteiger partial charge is 0.493 e. The van der Waals surface area contributed by atoms with Crippen molar-refractivity contribution in [2.24, 2.45) is 0 Å². The van der Waals surface area contributed by atoms with Crippen LogP contribution in [-0.4, -0.2) is 29.7 Å². The summed E-state index contributed by atoms with van der Waals surface area (Å²) in [7, 11) is 3.06. The van der Waals surface area contributed by atoms with E-state index in [-0.39, 0.29) is 5.91 Å². The average molecular weight is 400 g/mol. The molecule has 6 nitrogen and oxygen atoms in total. The summed E-state index contributed by atoms with van der Waals surface area (Å²) in [4.78, 5) is 16.8. The van der Waals surface area contributed by atoms with Gasteiger partial charge in [-0.1, -0.05) is 23.7 Å². The van der Waals surface area contributed by atoms with Crippen LogP contribution in [0.4, 0.5) is 0 Å². The van der Waals surface area contributed by atoms with Crippen molar-refractivity contribution in [2.45, 2.75) is 20.0 Å². The lowest BCUT2D eigenvalue weighted by molar-refractivity contribution is -0.116. The van der Waals surface area contributed by atoms with Crippen LogP contribution in [0.5, 0.6) is 11.5 Å². The zero-order valence-electron chi connectivity index (χ0n) is 16.0. The van der Waals surface area contributed by atoms with Gasteiger partial charge in [0.15, 0.2) is 11.5 Å². The number of nitrogens with zero attached hydrogens (tertiary/aromatic N) is 2. The Labute approximate surface area is 168 Å². The fraction of sp³-hybridized carbons (Fsp3) is 0.238. The number of carbonyl (C=O) groups excluding carboxylic acids is 1. The summed E-state index contributed by atoms with van der Waals surface area (Å²) in [6.07, 6.45) is 3.13. The number of aromatic nitrogens is 2. The first-order valence-electron chi connectivity index (χ1n) is 8.89. The first-order valence-corrected chi connectivity index (χ1v) is 9.26. The Balaban J connectivity index is 1.70. The van der Waals surface area contributed by atoms with Crippen LogP contribution in [0.1, 0.15) is 18.3 Å². The van der Waals surface area contributed by atoms with Crippen LogP contribution >= 0.6 is 11.6 Å². The topological polar surface area (TPSA) is 65.4 Å². The standard InChI is InChI=1S/C21H22ClN3O3/c1-4-25-17-8-6-5-7-16(17)24-19(25)13-23-20(26)10-9-14-11-15(22)21(28-3)18(12-14)27-2/h5-12H,4,13H2,1-3H3,(H,23,26)/b10-9+. The lowest BCUT2D eigenvalue weighted by Crippen LogP contribution is -2.22. The van der Waals surface area contributed by atoms with Crippen LogP contribution < -0.4 is 14.8 Å². The van der Waals surface area contributed by atoms with E-state index in [1.54, 1.807) is 18.2 Å². The highest BCUT2D eigenvalue weighted by Crippen LogP contribution is 2.36. The molecule has 0 spiro atoms. The Morgan fingerprint density at radius 2 is 2.04 bits per heavy atom. The molecule has 0 radical (unpaired) electrons. The molecule has 2 aromatic carbocycles. The van der Waals surface area contributed by atoms with Gasteiger partial charge in [0.1, 0.15) is 5.82 Å². The number of carbonyl (C=O) groups is 1. The molecule has 7 heteroatoms. The number of aryl methyl sites for hydroxylation is 1. The lowest BCUT2D eigenvalue weighted by atomic mass is 10.2. The van der Waals surface area contributed by atoms with E-state index in [0.717, 1.165) is 29.0 Å². The number of rotatable bonds is 7. The zero-order valence-corrected chi connectivity index (χ0v) is 16.8. The summed E-state index contributed by atoms with van der Waals surface area (Å²) in [6, 6.07) is 11.4. The van der Waals surface area contributed by atoms with Crippen LogP contribution in [0.3, 0.4) is 0 Å². The minimum Gasteiger partial charge on any atom is -0.493 e. The number of nitrogens with one attached hydrogen (secondary N) is 1. The number of amides is 1. The number of benzene rings is 2. The third-order valence-electron chi connectivity index (χ3n) is 4.35. The van der Waals surface area contributed by atoms with Crippen molar-refractivity contribution in [2.75, 3.05) is 14.2 Å². The first kappa shape index (κ1) is 19.8. The SMILES string of the molecule is CCn1c(CNC(=O)/C=C/c2cc(Cl)c(OC)c(OC)c2)nc2ccccc21. The van der Waals surface area contributed by atoms with Crippen molar-refractivity contribution < 1.29 is 14.3 Å². The predicted octanol–water partition coefficient (Wildman–Crippen LogP) is 4.06. The van der Waals surface area contributed by atoms with Gasteiger partial charge < -0.3 is 19.4 Å². The monoisotopic (exact) mass is 399 g/mol. The van der Waals surface area contributed by atoms with Gasteiger partial charge in [-0.3, -0.25) is 4.79 Å². The smallest absolute Gasteiger partial charge is 0.244 e. The number of halogens is 1. The van der Waals surface area contributed by atoms with Crippen LogP contribution in [0.2, 0.25) is 5.02 Å². The summed E-state index contributed by atoms with van der Waals surface area (Å²) in [6.45, 7) is 3.18. The molecule has 0 aliphatic carbocycles. The maximum Gasteiger partial charge on any atom is 0.244 e. The van der Waals surface area contributed by atoms with Crippen LogP contribution in [0, 0.1) is 0 Å². The Morgan fingerprint density at radius 1 is 1.25 bits per heavy atom. The van der Waals surface area contributed by atoms with Crippen molar-refractivity contribution in [3.05, 3.63) is 58.9 Å². The van der Waals surface area contributed by atoms with Crippen LogP contribution in [0.25, 0.3) is 17.1 Å². The second-order valence-electron chi connectivity index (χ2n) is 6.05. The number of hydrogen-bond donors (Lipinski definition) is 1. The maximum atomic E-state index is 12.2. The van der Waals surface area contributed by atoms with E-state index >= 15 is 0 Å². The molecule has 0 atom stereocenters. The number of imidazole rings is 1. The van der Waals surface area contributed by atoms with Crippen molar-refractivity contribution in [3.63, 3.8) is 0 Å². The molecule has 0 aliphatic rings. The van der Waals surface area contributed by atoms with E-state index in [2.05, 4.69) is 21.8 Å². The number of hydrogen-bond acceptors (Lipinski definition) is 4. The molecular formula is C21H22ClN3O3. The molecule has 28 heavy (non-hydrogen) atoms. The van der Waals surface area contributed by atoms with E-state index in [9.17, 15) is 4.79 Å². The molecule has 1 aromatic heterocycles. The van der Waals surface area contributed by atoms with Crippen molar-refractivity contribution >= 4 is 34.6 Å². The number of fused-ring (bicyclic) bond motifs is 1. The molecule has 1 amide bonds. The molecule has 0 aliphatic heterocycles. The highest BCUT2D eigenvalue weighted by atomic mass is 35.5. The molecule has 3 aromatic rings. The van der Waals surface area contributed by atoms with E-state index in [1.807, 2.05) is 24.3 Å². The quantitative estimate of drug-likeness (QED) is 0.608. The van der Waals surface area contributed by atoms with Gasteiger partial charge in [0.2, 0.25) is 5.91 Å². The molecule has 3 rings (SSSR count). The molecule has 146 valence electrons. The summed E-state index contributed by atoms with van der Waals surface area (Å²) >= 11 is 6.19. The summed E-state index contributed by atoms with van der Waals surface area (Å²) in [5.74, 6) is 1.57. The number of methoxy groups -OCH3 is 2. The minimum absolute atomic E-state index is 0.222. The molecule has 1 N–H and O–H groups in total. The minimum atomic E-state index is -0.222. The Kier molecular flexibility index (Phi) is 6.21. The summed E-state index contributed by atoms with van der Waals surface area (Å²) < 4.78 is 12.6. The third kappa shape index (κ3) is 4.12. The zero-order chi connectivity index (χ0) is 20.1. The third-order valence-corrected chi connectivity index (χ3v) is 4.63. The van der Waals surface area contributed by atoms with Crippen molar-refractivity contribution in [1.82, 2.24) is 14.9 Å². The molecule has 0 saturated carbocycles. The van der Waals surface area contributed by atoms with Gasteiger partial charge in [-0.2, -0.15) is 0 Å². The Morgan fingerprint density at radius 3 is 2.75 bits per heavy atom. The maximum absolute atomic E-state index is 12.2. The molecule has 0 unspecified atom stereocenters. The van der Waals surface area contributed by atoms with Gasteiger partial charge in [0, 0.05) is 12.6 Å². The van der Waals surface area contributed by atoms with Gasteiger partial charge in [-0.25, -0.2) is 4.98 Å². The number of ether oxygens (including phenoxy) is 2. The second kappa shape index (κ2) is 8.80. The van der Waals surface area contributed by atoms with E-state index < -0.39 is 0 Å². The van der Waals surface area contributed by atoms with Crippen molar-refractivity contribution in [1.29, 1.82) is 0 Å². The highest BCUT2D eigenvalue weighted by molar-refractivity contribution is 6.32. The lowest BCUT2D eigenvalue weighted by Gasteiger charge is -2.10. The molecule has 0 fully saturated rings. The van der Waals surface area contributed by atoms with Gasteiger partial charge in [-0.15, -0.1) is 0 Å². The summed E-state index contributed by atoms with van der Waals surface area (Å²) in [5, 5.41) is 3.29. The molecule has 0 bridgehead atoms. The normalized spacial score (nSPS) is 11.1. The first-order chi connectivity index (χ1) is 13.6. The molecular weight excluding hydrogens is 378 g/mol. The van der Waals surface area contributed by atoms with Crippen LogP contribution in [0.15, 0.2) is 42.5 Å². The number of para-hydroxylation sites is 2. The van der Waals surface area contributed by atoms with Gasteiger partial charge in [0.05, 0.1) is 36.8 Å². The Bertz CT molecular complexity index is 1030. The summed E-state index contributed by atoms with van der Waals surface area (Å²) in [5.41, 5.74) is 2.72. The predicted molar refractivity (Wildman–Crippen MR) is 111 cm³/mol. The molecule has 1 heterocycles. The van der Waals surface area contributed by atoms with Gasteiger partial charge in [-0.05, 0) is 42.8 Å². The van der Waals surface area contributed by atoms with Crippen molar-refractivity contribution in [3.8, 4) is 11.5 Å². The van der Waals surface area contributed by atoms with E-state index in [4.69, 9.17) is 21.1 Å². The van der Waals surface area contributed by atoms with Crippen LogP contribution in [-0.2, 0) is 17.9 Å². The Hall–Kier alpha value is -2.99. The fourth-order valence-corrected chi connectivity index (χ4v) is 3.34. The van der Waals surface area contributed by atoms with Gasteiger partial charge >= 0.3 is 0 Å². The second-order valence-corrected chi connectivity index (χ2v) is 6.46. The highest BCUT2D eigenvalue weighted by Gasteiger charge is 2.11. The fourth-order valence-electron chi connectivity index (χ4n) is 3.04.